The minimum Gasteiger partial charge on any atom is -0.307 e. The van der Waals surface area contributed by atoms with E-state index in [4.69, 9.17) is 16.9 Å². The van der Waals surface area contributed by atoms with Crippen molar-refractivity contribution in [3.8, 4) is 16.6 Å². The molecule has 128 valence electrons. The van der Waals surface area contributed by atoms with Crippen LogP contribution >= 0.6 is 22.9 Å². The number of carbonyl (C=O) groups is 1. The van der Waals surface area contributed by atoms with E-state index >= 15 is 0 Å². The van der Waals surface area contributed by atoms with Gasteiger partial charge in [-0.2, -0.15) is 5.26 Å². The third-order valence-electron chi connectivity index (χ3n) is 4.63. The largest absolute Gasteiger partial charge is 0.307 e. The predicted octanol–water partition coefficient (Wildman–Crippen LogP) is 2.28. The van der Waals surface area contributed by atoms with Gasteiger partial charge >= 0.3 is 0 Å². The lowest BCUT2D eigenvalue weighted by atomic mass is 10.1. The van der Waals surface area contributed by atoms with Crippen molar-refractivity contribution in [3.05, 3.63) is 35.5 Å². The van der Waals surface area contributed by atoms with Crippen molar-refractivity contribution >= 4 is 34.0 Å². The summed E-state index contributed by atoms with van der Waals surface area (Å²) in [7, 11) is 0. The molecule has 0 bridgehead atoms. The Labute approximate surface area is 154 Å². The molecule has 2 aliphatic heterocycles. The number of rotatable bonds is 2. The van der Waals surface area contributed by atoms with E-state index in [0.29, 0.717) is 29.8 Å². The quantitative estimate of drug-likeness (QED) is 0.756. The Balaban J connectivity index is 1.56. The molecule has 1 atom stereocenters. The summed E-state index contributed by atoms with van der Waals surface area (Å²) < 4.78 is 0. The molecule has 1 aromatic heterocycles. The fourth-order valence-electron chi connectivity index (χ4n) is 3.29. The fraction of sp³-hybridized carbons (Fsp3) is 0.353. The number of aromatic nitrogens is 1. The summed E-state index contributed by atoms with van der Waals surface area (Å²) in [6.07, 6.45) is 3.94. The van der Waals surface area contributed by atoms with Gasteiger partial charge in [0.25, 0.3) is 0 Å². The van der Waals surface area contributed by atoms with Crippen molar-refractivity contribution in [1.29, 1.82) is 5.26 Å². The summed E-state index contributed by atoms with van der Waals surface area (Å²) in [6.45, 7) is 3.34. The normalized spacial score (nSPS) is 21.1. The summed E-state index contributed by atoms with van der Waals surface area (Å²) in [5.41, 5.74) is 0.996. The molecule has 2 aromatic rings. The van der Waals surface area contributed by atoms with E-state index in [1.807, 2.05) is 24.3 Å². The first-order chi connectivity index (χ1) is 12.2. The molecule has 8 heteroatoms. The molecule has 0 saturated carbocycles. The Morgan fingerprint density at radius 1 is 1.28 bits per heavy atom. The van der Waals surface area contributed by atoms with Crippen LogP contribution in [-0.2, 0) is 4.79 Å². The molecule has 6 nitrogen and oxygen atoms in total. The molecule has 0 radical (unpaired) electrons. The molecule has 2 fully saturated rings. The van der Waals surface area contributed by atoms with Crippen LogP contribution in [0.5, 0.6) is 0 Å². The van der Waals surface area contributed by atoms with Crippen LogP contribution in [0.4, 0.5) is 5.13 Å². The summed E-state index contributed by atoms with van der Waals surface area (Å²) in [5.74, 6) is 0.0261. The second kappa shape index (κ2) is 6.64. The Kier molecular flexibility index (Phi) is 4.34. The summed E-state index contributed by atoms with van der Waals surface area (Å²) in [4.78, 5) is 23.9. The zero-order valence-corrected chi connectivity index (χ0v) is 15.0. The molecule has 3 heterocycles. The first-order valence-corrected chi connectivity index (χ1v) is 9.27. The van der Waals surface area contributed by atoms with Gasteiger partial charge in [-0.1, -0.05) is 35.1 Å². The van der Waals surface area contributed by atoms with Gasteiger partial charge in [-0.3, -0.25) is 14.6 Å². The van der Waals surface area contributed by atoms with Crippen molar-refractivity contribution in [2.45, 2.75) is 6.04 Å². The molecule has 1 unspecified atom stereocenters. The zero-order valence-electron chi connectivity index (χ0n) is 13.4. The molecule has 1 amide bonds. The van der Waals surface area contributed by atoms with Gasteiger partial charge in [-0.05, 0) is 17.7 Å². The van der Waals surface area contributed by atoms with E-state index in [1.54, 1.807) is 16.0 Å². The number of nitriles is 1. The van der Waals surface area contributed by atoms with E-state index in [2.05, 4.69) is 16.1 Å². The average Bonchev–Trinajstić information content (AvgIpc) is 3.12. The summed E-state index contributed by atoms with van der Waals surface area (Å²) in [6, 6.07) is 7.35. The van der Waals surface area contributed by atoms with E-state index in [0.717, 1.165) is 23.5 Å². The standard InChI is InChI=1S/C17H16ClN5OS/c18-13-3-1-2-12(8-13)15-9-20-17(25-15)23-7-6-22-5-4-21(11-19)10-14(22)16(23)24/h1-3,8-9,14H,4-7,10H2. The zero-order chi connectivity index (χ0) is 17.4. The molecule has 4 rings (SSSR count). The lowest BCUT2D eigenvalue weighted by Gasteiger charge is -2.44. The number of carbonyl (C=O) groups excluding carboxylic acids is 1. The summed E-state index contributed by atoms with van der Waals surface area (Å²) >= 11 is 7.55. The number of hydrogen-bond donors (Lipinski definition) is 0. The van der Waals surface area contributed by atoms with Gasteiger partial charge in [0, 0.05) is 37.4 Å². The minimum absolute atomic E-state index is 0.0261. The second-order valence-corrected chi connectivity index (χ2v) is 7.55. The number of benzene rings is 1. The Bertz CT molecular complexity index is 848. The van der Waals surface area contributed by atoms with Gasteiger partial charge in [-0.15, -0.1) is 0 Å². The van der Waals surface area contributed by atoms with Crippen LogP contribution in [0.15, 0.2) is 30.5 Å². The van der Waals surface area contributed by atoms with Crippen molar-refractivity contribution in [3.63, 3.8) is 0 Å². The SMILES string of the molecule is N#CN1CCN2CCN(c3ncc(-c4cccc(Cl)c4)s3)C(=O)C2C1. The lowest BCUT2D eigenvalue weighted by Crippen LogP contribution is -2.64. The maximum Gasteiger partial charge on any atom is 0.248 e. The number of piperazine rings is 2. The van der Waals surface area contributed by atoms with Gasteiger partial charge in [0.05, 0.1) is 11.4 Å². The number of halogens is 1. The third kappa shape index (κ3) is 3.09. The van der Waals surface area contributed by atoms with Crippen LogP contribution in [0.1, 0.15) is 0 Å². The average molecular weight is 374 g/mol. The van der Waals surface area contributed by atoms with Gasteiger partial charge in [0.15, 0.2) is 11.3 Å². The number of hydrogen-bond acceptors (Lipinski definition) is 6. The topological polar surface area (TPSA) is 63.5 Å². The fourth-order valence-corrected chi connectivity index (χ4v) is 4.42. The third-order valence-corrected chi connectivity index (χ3v) is 5.93. The minimum atomic E-state index is -0.263. The number of amides is 1. The molecule has 0 aliphatic carbocycles. The number of thiazole rings is 1. The van der Waals surface area contributed by atoms with Gasteiger partial charge in [0.1, 0.15) is 6.04 Å². The van der Waals surface area contributed by atoms with Crippen molar-refractivity contribution in [2.24, 2.45) is 0 Å². The molecular formula is C17H16ClN5OS. The number of anilines is 1. The Morgan fingerprint density at radius 2 is 2.12 bits per heavy atom. The highest BCUT2D eigenvalue weighted by Gasteiger charge is 2.39. The van der Waals surface area contributed by atoms with Crippen LogP contribution in [0.25, 0.3) is 10.4 Å². The lowest BCUT2D eigenvalue weighted by molar-refractivity contribution is -0.127. The molecule has 1 aromatic carbocycles. The van der Waals surface area contributed by atoms with E-state index < -0.39 is 0 Å². The maximum absolute atomic E-state index is 12.9. The van der Waals surface area contributed by atoms with Gasteiger partial charge < -0.3 is 4.90 Å². The second-order valence-electron chi connectivity index (χ2n) is 6.11. The molecule has 25 heavy (non-hydrogen) atoms. The highest BCUT2D eigenvalue weighted by molar-refractivity contribution is 7.19. The Morgan fingerprint density at radius 3 is 2.92 bits per heavy atom. The molecule has 0 spiro atoms. The highest BCUT2D eigenvalue weighted by Crippen LogP contribution is 2.33. The van der Waals surface area contributed by atoms with Crippen molar-refractivity contribution in [2.75, 3.05) is 37.6 Å². The monoisotopic (exact) mass is 373 g/mol. The van der Waals surface area contributed by atoms with Crippen LogP contribution in [0.2, 0.25) is 5.02 Å². The van der Waals surface area contributed by atoms with Crippen LogP contribution < -0.4 is 4.90 Å². The van der Waals surface area contributed by atoms with E-state index in [9.17, 15) is 4.79 Å². The predicted molar refractivity (Wildman–Crippen MR) is 97.5 cm³/mol. The summed E-state index contributed by atoms with van der Waals surface area (Å²) in [5, 5.41) is 10.5. The van der Waals surface area contributed by atoms with E-state index in [-0.39, 0.29) is 11.9 Å². The van der Waals surface area contributed by atoms with Crippen molar-refractivity contribution < 1.29 is 4.79 Å². The first-order valence-electron chi connectivity index (χ1n) is 8.07. The molecule has 2 saturated heterocycles. The first kappa shape index (κ1) is 16.3. The molecule has 0 N–H and O–H groups in total. The molecule has 2 aliphatic rings. The maximum atomic E-state index is 12.9. The number of fused-ring (bicyclic) bond motifs is 1. The van der Waals surface area contributed by atoms with Gasteiger partial charge in [-0.25, -0.2) is 4.98 Å². The van der Waals surface area contributed by atoms with Crippen LogP contribution in [0.3, 0.4) is 0 Å². The Hall–Kier alpha value is -2.14. The smallest absolute Gasteiger partial charge is 0.248 e. The highest BCUT2D eigenvalue weighted by atomic mass is 35.5. The number of nitrogens with zero attached hydrogens (tertiary/aromatic N) is 5. The van der Waals surface area contributed by atoms with Crippen LogP contribution in [-0.4, -0.2) is 59.5 Å². The molecular weight excluding hydrogens is 358 g/mol. The van der Waals surface area contributed by atoms with Gasteiger partial charge in [0.2, 0.25) is 5.91 Å². The van der Waals surface area contributed by atoms with E-state index in [1.165, 1.54) is 11.3 Å². The van der Waals surface area contributed by atoms with Crippen molar-refractivity contribution in [1.82, 2.24) is 14.8 Å². The van der Waals surface area contributed by atoms with Crippen LogP contribution in [0, 0.1) is 11.5 Å².